The van der Waals surface area contributed by atoms with Gasteiger partial charge < -0.3 is 10.2 Å². The fraction of sp³-hybridized carbons (Fsp3) is 0.441. The number of likely N-dealkylation sites (tertiary alicyclic amines) is 1. The molecule has 2 unspecified atom stereocenters. The van der Waals surface area contributed by atoms with Gasteiger partial charge in [0.2, 0.25) is 17.7 Å². The normalized spacial score (nSPS) is 17.2. The molecule has 0 saturated carbocycles. The molecular weight excluding hydrogens is 514 g/mol. The fourth-order valence-electron chi connectivity index (χ4n) is 5.98. The first kappa shape index (κ1) is 30.3. The molecule has 1 aliphatic heterocycles. The number of hydroxylamine groups is 1. The summed E-state index contributed by atoms with van der Waals surface area (Å²) >= 11 is 0. The van der Waals surface area contributed by atoms with E-state index < -0.39 is 23.8 Å². The van der Waals surface area contributed by atoms with Crippen LogP contribution in [0.15, 0.2) is 66.7 Å². The Bertz CT molecular complexity index is 1350. The van der Waals surface area contributed by atoms with Crippen LogP contribution in [0.2, 0.25) is 0 Å². The predicted octanol–water partition coefficient (Wildman–Crippen LogP) is 6.09. The van der Waals surface area contributed by atoms with Crippen molar-refractivity contribution < 1.29 is 19.6 Å². The Morgan fingerprint density at radius 3 is 2.41 bits per heavy atom. The van der Waals surface area contributed by atoms with Gasteiger partial charge in [-0.25, -0.2) is 5.48 Å². The summed E-state index contributed by atoms with van der Waals surface area (Å²) in [6.07, 6.45) is 3.94. The number of rotatable bonds is 11. The minimum Gasteiger partial charge on any atom is -0.344 e. The first-order valence-corrected chi connectivity index (χ1v) is 14.9. The highest BCUT2D eigenvalue weighted by Crippen LogP contribution is 2.28. The minimum absolute atomic E-state index is 0.0890. The second-order valence-corrected chi connectivity index (χ2v) is 11.7. The summed E-state index contributed by atoms with van der Waals surface area (Å²) < 4.78 is 0. The number of carbonyl (C=O) groups is 3. The molecule has 7 heteroatoms. The van der Waals surface area contributed by atoms with E-state index in [0.29, 0.717) is 38.8 Å². The second kappa shape index (κ2) is 14.3. The van der Waals surface area contributed by atoms with Crippen LogP contribution in [0.3, 0.4) is 0 Å². The molecule has 1 aliphatic rings. The number of amides is 3. The van der Waals surface area contributed by atoms with Crippen molar-refractivity contribution in [2.24, 2.45) is 17.8 Å². The standard InChI is InChI=1S/C34H43N3O4/c1-4-10-29(33(39)36-41)30(19-23(2)3)32(38)35-31-15-7-8-18-37(34(31)40)22-24-11-9-14-26(20-24)28-17-16-25-12-5-6-13-27(25)21-28/h5-6,9,11-14,16-17,20-21,23,29-31,41H,4,7-8,10,15,18-19,22H2,1-3H3,(H,35,38)(H,36,39)/t29-,30?,31?/m0/s1. The zero-order chi connectivity index (χ0) is 29.4. The Kier molecular flexibility index (Phi) is 10.5. The first-order valence-electron chi connectivity index (χ1n) is 14.9. The Morgan fingerprint density at radius 2 is 1.68 bits per heavy atom. The second-order valence-electron chi connectivity index (χ2n) is 11.7. The van der Waals surface area contributed by atoms with Gasteiger partial charge in [0.05, 0.1) is 5.92 Å². The van der Waals surface area contributed by atoms with Gasteiger partial charge in [-0.1, -0.05) is 81.8 Å². The van der Waals surface area contributed by atoms with Crippen LogP contribution in [0, 0.1) is 17.8 Å². The third kappa shape index (κ3) is 7.73. The van der Waals surface area contributed by atoms with Gasteiger partial charge in [0.15, 0.2) is 0 Å². The van der Waals surface area contributed by atoms with E-state index in [1.165, 1.54) is 10.8 Å². The molecule has 3 aromatic rings. The number of hydrogen-bond acceptors (Lipinski definition) is 4. The fourth-order valence-corrected chi connectivity index (χ4v) is 5.98. The molecule has 0 radical (unpaired) electrons. The van der Waals surface area contributed by atoms with Crippen molar-refractivity contribution in [2.75, 3.05) is 6.54 Å². The number of carbonyl (C=O) groups excluding carboxylic acids is 3. The summed E-state index contributed by atoms with van der Waals surface area (Å²) in [5.41, 5.74) is 5.01. The van der Waals surface area contributed by atoms with Crippen molar-refractivity contribution in [3.63, 3.8) is 0 Å². The van der Waals surface area contributed by atoms with Gasteiger partial charge in [0, 0.05) is 19.0 Å². The zero-order valence-corrected chi connectivity index (χ0v) is 24.4. The summed E-state index contributed by atoms with van der Waals surface area (Å²) in [5, 5.41) is 14.7. The lowest BCUT2D eigenvalue weighted by Crippen LogP contribution is -2.51. The molecule has 4 rings (SSSR count). The van der Waals surface area contributed by atoms with Gasteiger partial charge in [0.25, 0.3) is 0 Å². The highest BCUT2D eigenvalue weighted by molar-refractivity contribution is 5.91. The van der Waals surface area contributed by atoms with Crippen LogP contribution in [0.1, 0.15) is 64.9 Å². The van der Waals surface area contributed by atoms with E-state index in [1.54, 1.807) is 5.48 Å². The molecule has 1 heterocycles. The molecule has 0 aliphatic carbocycles. The maximum Gasteiger partial charge on any atom is 0.247 e. The van der Waals surface area contributed by atoms with E-state index in [-0.39, 0.29) is 17.7 Å². The quantitative estimate of drug-likeness (QED) is 0.196. The van der Waals surface area contributed by atoms with Crippen molar-refractivity contribution in [3.8, 4) is 11.1 Å². The van der Waals surface area contributed by atoms with Gasteiger partial charge in [-0.3, -0.25) is 19.6 Å². The van der Waals surface area contributed by atoms with Crippen molar-refractivity contribution in [1.82, 2.24) is 15.7 Å². The molecule has 3 atom stereocenters. The summed E-state index contributed by atoms with van der Waals surface area (Å²) in [7, 11) is 0. The zero-order valence-electron chi connectivity index (χ0n) is 24.4. The van der Waals surface area contributed by atoms with E-state index >= 15 is 0 Å². The number of hydrogen-bond donors (Lipinski definition) is 3. The summed E-state index contributed by atoms with van der Waals surface area (Å²) in [6.45, 7) is 7.05. The minimum atomic E-state index is -0.651. The molecule has 3 N–H and O–H groups in total. The Morgan fingerprint density at radius 1 is 0.927 bits per heavy atom. The number of benzene rings is 3. The number of nitrogens with zero attached hydrogens (tertiary/aromatic N) is 1. The third-order valence-electron chi connectivity index (χ3n) is 8.07. The molecule has 218 valence electrons. The summed E-state index contributed by atoms with van der Waals surface area (Å²) in [5.74, 6) is -2.03. The first-order chi connectivity index (χ1) is 19.8. The highest BCUT2D eigenvalue weighted by Gasteiger charge is 2.36. The lowest BCUT2D eigenvalue weighted by Gasteiger charge is -2.29. The van der Waals surface area contributed by atoms with Crippen LogP contribution in [0.25, 0.3) is 21.9 Å². The van der Waals surface area contributed by atoms with Crippen LogP contribution < -0.4 is 10.8 Å². The monoisotopic (exact) mass is 557 g/mol. The van der Waals surface area contributed by atoms with E-state index in [4.69, 9.17) is 0 Å². The van der Waals surface area contributed by atoms with Gasteiger partial charge in [0.1, 0.15) is 6.04 Å². The molecule has 7 nitrogen and oxygen atoms in total. The molecule has 41 heavy (non-hydrogen) atoms. The van der Waals surface area contributed by atoms with Gasteiger partial charge in [-0.2, -0.15) is 0 Å². The molecule has 0 aromatic heterocycles. The molecule has 0 spiro atoms. The third-order valence-corrected chi connectivity index (χ3v) is 8.07. The van der Waals surface area contributed by atoms with Crippen molar-refractivity contribution in [3.05, 3.63) is 72.3 Å². The van der Waals surface area contributed by atoms with E-state index in [2.05, 4.69) is 47.8 Å². The molecule has 0 bridgehead atoms. The summed E-state index contributed by atoms with van der Waals surface area (Å²) in [6, 6.07) is 22.4. The van der Waals surface area contributed by atoms with E-state index in [9.17, 15) is 19.6 Å². The van der Waals surface area contributed by atoms with Crippen molar-refractivity contribution in [1.29, 1.82) is 0 Å². The predicted molar refractivity (Wildman–Crippen MR) is 162 cm³/mol. The molecule has 3 amide bonds. The van der Waals surface area contributed by atoms with Crippen LogP contribution in [-0.4, -0.2) is 40.4 Å². The maximum atomic E-state index is 13.7. The topological polar surface area (TPSA) is 98.7 Å². The van der Waals surface area contributed by atoms with Gasteiger partial charge >= 0.3 is 0 Å². The lowest BCUT2D eigenvalue weighted by atomic mass is 9.81. The number of nitrogens with one attached hydrogen (secondary N) is 2. The van der Waals surface area contributed by atoms with Crippen LogP contribution in [-0.2, 0) is 20.9 Å². The molecule has 1 fully saturated rings. The van der Waals surface area contributed by atoms with Crippen molar-refractivity contribution >= 4 is 28.5 Å². The molecule has 1 saturated heterocycles. The maximum absolute atomic E-state index is 13.7. The van der Waals surface area contributed by atoms with Gasteiger partial charge in [-0.05, 0) is 77.6 Å². The van der Waals surface area contributed by atoms with Crippen molar-refractivity contribution in [2.45, 2.75) is 71.9 Å². The van der Waals surface area contributed by atoms with Crippen LogP contribution >= 0.6 is 0 Å². The molecule has 3 aromatic carbocycles. The van der Waals surface area contributed by atoms with Crippen LogP contribution in [0.5, 0.6) is 0 Å². The Labute approximate surface area is 243 Å². The smallest absolute Gasteiger partial charge is 0.247 e. The average molecular weight is 558 g/mol. The molecular formula is C34H43N3O4. The largest absolute Gasteiger partial charge is 0.344 e. The Balaban J connectivity index is 1.50. The summed E-state index contributed by atoms with van der Waals surface area (Å²) in [4.78, 5) is 41.6. The lowest BCUT2D eigenvalue weighted by molar-refractivity contribution is -0.143. The SMILES string of the molecule is CCC[C@H](C(=O)NO)C(CC(C)C)C(=O)NC1CCCCN(Cc2cccc(-c3ccc4ccccc4c3)c2)C1=O. The number of fused-ring (bicyclic) bond motifs is 1. The van der Waals surface area contributed by atoms with Crippen LogP contribution in [0.4, 0.5) is 0 Å². The average Bonchev–Trinajstić information content (AvgIpc) is 3.14. The van der Waals surface area contributed by atoms with E-state index in [1.807, 2.05) is 49.9 Å². The van der Waals surface area contributed by atoms with E-state index in [0.717, 1.165) is 29.5 Å². The van der Waals surface area contributed by atoms with Gasteiger partial charge in [-0.15, -0.1) is 0 Å². The highest BCUT2D eigenvalue weighted by atomic mass is 16.5. The Hall–Kier alpha value is -3.71.